The molecule has 0 aliphatic heterocycles. The molecule has 0 aromatic heterocycles. The van der Waals surface area contributed by atoms with Gasteiger partial charge in [0.25, 0.3) is 11.8 Å². The summed E-state index contributed by atoms with van der Waals surface area (Å²) in [6, 6.07) is 20.3. The molecule has 27 heavy (non-hydrogen) atoms. The van der Waals surface area contributed by atoms with Crippen molar-refractivity contribution in [1.29, 1.82) is 0 Å². The molecule has 0 atom stereocenters. The minimum absolute atomic E-state index is 0.315. The number of ether oxygens (including phenoxy) is 1. The first-order valence-electron chi connectivity index (χ1n) is 8.18. The SMILES string of the molecule is COc1ccc(C(=O)Nc2ccccc2C(=O)Nc2ccc(Cl)cc2)cc1. The van der Waals surface area contributed by atoms with Crippen LogP contribution in [0.15, 0.2) is 72.8 Å². The Kier molecular flexibility index (Phi) is 5.74. The average molecular weight is 381 g/mol. The maximum absolute atomic E-state index is 12.6. The van der Waals surface area contributed by atoms with Gasteiger partial charge in [-0.1, -0.05) is 23.7 Å². The number of methoxy groups -OCH3 is 1. The Morgan fingerprint density at radius 3 is 2.15 bits per heavy atom. The summed E-state index contributed by atoms with van der Waals surface area (Å²) in [6.45, 7) is 0. The third kappa shape index (κ3) is 4.65. The van der Waals surface area contributed by atoms with E-state index >= 15 is 0 Å². The number of nitrogens with one attached hydrogen (secondary N) is 2. The van der Waals surface area contributed by atoms with Gasteiger partial charge in [0.1, 0.15) is 5.75 Å². The van der Waals surface area contributed by atoms with E-state index in [9.17, 15) is 9.59 Å². The van der Waals surface area contributed by atoms with Gasteiger partial charge in [0.2, 0.25) is 0 Å². The zero-order valence-corrected chi connectivity index (χ0v) is 15.3. The van der Waals surface area contributed by atoms with Crippen molar-refractivity contribution in [3.8, 4) is 5.75 Å². The van der Waals surface area contributed by atoms with Crippen molar-refractivity contribution in [3.05, 3.63) is 88.9 Å². The smallest absolute Gasteiger partial charge is 0.257 e. The molecule has 0 aliphatic carbocycles. The molecule has 2 N–H and O–H groups in total. The number of halogens is 1. The Hall–Kier alpha value is -3.31. The highest BCUT2D eigenvalue weighted by molar-refractivity contribution is 6.30. The van der Waals surface area contributed by atoms with Crippen LogP contribution >= 0.6 is 11.6 Å². The highest BCUT2D eigenvalue weighted by Gasteiger charge is 2.14. The number of anilines is 2. The molecule has 5 nitrogen and oxygen atoms in total. The van der Waals surface area contributed by atoms with Crippen LogP contribution in [0.5, 0.6) is 5.75 Å². The van der Waals surface area contributed by atoms with Crippen molar-refractivity contribution in [1.82, 2.24) is 0 Å². The minimum atomic E-state index is -0.331. The minimum Gasteiger partial charge on any atom is -0.497 e. The largest absolute Gasteiger partial charge is 0.497 e. The number of carbonyl (C=O) groups excluding carboxylic acids is 2. The van der Waals surface area contributed by atoms with E-state index in [0.29, 0.717) is 33.3 Å². The molecule has 0 saturated carbocycles. The van der Waals surface area contributed by atoms with Gasteiger partial charge in [-0.15, -0.1) is 0 Å². The van der Waals surface area contributed by atoms with Gasteiger partial charge in [0.05, 0.1) is 18.4 Å². The number of hydrogen-bond acceptors (Lipinski definition) is 3. The van der Waals surface area contributed by atoms with Gasteiger partial charge in [-0.25, -0.2) is 0 Å². The first kappa shape index (κ1) is 18.5. The Morgan fingerprint density at radius 2 is 1.48 bits per heavy atom. The zero-order chi connectivity index (χ0) is 19.2. The third-order valence-corrected chi connectivity index (χ3v) is 4.13. The quantitative estimate of drug-likeness (QED) is 0.664. The van der Waals surface area contributed by atoms with Crippen LogP contribution in [0.4, 0.5) is 11.4 Å². The average Bonchev–Trinajstić information content (AvgIpc) is 2.70. The molecule has 136 valence electrons. The van der Waals surface area contributed by atoms with Crippen LogP contribution in [0, 0.1) is 0 Å². The molecule has 0 radical (unpaired) electrons. The molecule has 3 aromatic rings. The molecule has 0 heterocycles. The van der Waals surface area contributed by atoms with Crippen molar-refractivity contribution < 1.29 is 14.3 Å². The Balaban J connectivity index is 1.77. The number of rotatable bonds is 5. The van der Waals surface area contributed by atoms with Crippen LogP contribution in [0.25, 0.3) is 0 Å². The summed E-state index contributed by atoms with van der Waals surface area (Å²) in [4.78, 5) is 25.1. The highest BCUT2D eigenvalue weighted by atomic mass is 35.5. The standard InChI is InChI=1S/C21H17ClN2O3/c1-27-17-12-6-14(7-13-17)20(25)24-19-5-3-2-4-18(19)21(26)23-16-10-8-15(22)9-11-16/h2-13H,1H3,(H,23,26)(H,24,25). The van der Waals surface area contributed by atoms with E-state index in [4.69, 9.17) is 16.3 Å². The summed E-state index contributed by atoms with van der Waals surface area (Å²) in [5.74, 6) is 0.0154. The van der Waals surface area contributed by atoms with Gasteiger partial charge < -0.3 is 15.4 Å². The molecule has 0 unspecified atom stereocenters. The van der Waals surface area contributed by atoms with E-state index in [1.807, 2.05) is 0 Å². The third-order valence-electron chi connectivity index (χ3n) is 3.87. The van der Waals surface area contributed by atoms with Gasteiger partial charge in [-0.05, 0) is 60.7 Å². The van der Waals surface area contributed by atoms with E-state index in [1.165, 1.54) is 0 Å². The Morgan fingerprint density at radius 1 is 0.815 bits per heavy atom. The van der Waals surface area contributed by atoms with Crippen molar-refractivity contribution in [2.45, 2.75) is 0 Å². The number of benzene rings is 3. The van der Waals surface area contributed by atoms with E-state index < -0.39 is 0 Å². The number of para-hydroxylation sites is 1. The maximum atomic E-state index is 12.6. The van der Waals surface area contributed by atoms with Gasteiger partial charge in [0, 0.05) is 16.3 Å². The Labute approximate surface area is 161 Å². The molecular weight excluding hydrogens is 364 g/mol. The molecule has 0 saturated heterocycles. The van der Waals surface area contributed by atoms with Crippen LogP contribution in [-0.2, 0) is 0 Å². The second kappa shape index (κ2) is 8.38. The predicted octanol–water partition coefficient (Wildman–Crippen LogP) is 4.85. The summed E-state index contributed by atoms with van der Waals surface area (Å²) in [7, 11) is 1.56. The van der Waals surface area contributed by atoms with Crippen molar-refractivity contribution in [3.63, 3.8) is 0 Å². The second-order valence-corrected chi connectivity index (χ2v) is 6.13. The van der Waals surface area contributed by atoms with Gasteiger partial charge in [0.15, 0.2) is 0 Å². The predicted molar refractivity (Wildman–Crippen MR) is 107 cm³/mol. The zero-order valence-electron chi connectivity index (χ0n) is 14.5. The monoisotopic (exact) mass is 380 g/mol. The fourth-order valence-electron chi connectivity index (χ4n) is 2.46. The maximum Gasteiger partial charge on any atom is 0.257 e. The summed E-state index contributed by atoms with van der Waals surface area (Å²) in [5.41, 5.74) is 1.85. The molecule has 0 bridgehead atoms. The molecule has 0 fully saturated rings. The van der Waals surface area contributed by atoms with Crippen molar-refractivity contribution >= 4 is 34.8 Å². The fraction of sp³-hybridized carbons (Fsp3) is 0.0476. The summed E-state index contributed by atoms with van der Waals surface area (Å²) >= 11 is 5.86. The summed E-state index contributed by atoms with van der Waals surface area (Å²) < 4.78 is 5.09. The lowest BCUT2D eigenvalue weighted by molar-refractivity contribution is 0.102. The molecule has 2 amide bonds. The normalized spacial score (nSPS) is 10.1. The fourth-order valence-corrected chi connectivity index (χ4v) is 2.58. The van der Waals surface area contributed by atoms with E-state index in [1.54, 1.807) is 79.9 Å². The molecule has 3 rings (SSSR count). The lowest BCUT2D eigenvalue weighted by atomic mass is 10.1. The van der Waals surface area contributed by atoms with Crippen LogP contribution < -0.4 is 15.4 Å². The van der Waals surface area contributed by atoms with Crippen molar-refractivity contribution in [2.24, 2.45) is 0 Å². The van der Waals surface area contributed by atoms with Crippen molar-refractivity contribution in [2.75, 3.05) is 17.7 Å². The lowest BCUT2D eigenvalue weighted by Gasteiger charge is -2.12. The van der Waals surface area contributed by atoms with Gasteiger partial charge in [-0.3, -0.25) is 9.59 Å². The first-order valence-corrected chi connectivity index (χ1v) is 8.56. The van der Waals surface area contributed by atoms with Gasteiger partial charge >= 0.3 is 0 Å². The number of amides is 2. The summed E-state index contributed by atoms with van der Waals surface area (Å²) in [5, 5.41) is 6.15. The van der Waals surface area contributed by atoms with E-state index in [2.05, 4.69) is 10.6 Å². The van der Waals surface area contributed by atoms with Crippen LogP contribution in [0.3, 0.4) is 0 Å². The van der Waals surface area contributed by atoms with Crippen LogP contribution in [0.2, 0.25) is 5.02 Å². The molecule has 0 aliphatic rings. The van der Waals surface area contributed by atoms with Crippen LogP contribution in [0.1, 0.15) is 20.7 Å². The van der Waals surface area contributed by atoms with Crippen LogP contribution in [-0.4, -0.2) is 18.9 Å². The second-order valence-electron chi connectivity index (χ2n) is 5.69. The highest BCUT2D eigenvalue weighted by Crippen LogP contribution is 2.20. The van der Waals surface area contributed by atoms with E-state index in [-0.39, 0.29) is 11.8 Å². The number of carbonyl (C=O) groups is 2. The number of hydrogen-bond donors (Lipinski definition) is 2. The lowest BCUT2D eigenvalue weighted by Crippen LogP contribution is -2.18. The molecule has 3 aromatic carbocycles. The van der Waals surface area contributed by atoms with Gasteiger partial charge in [-0.2, -0.15) is 0 Å². The molecule has 6 heteroatoms. The molecule has 0 spiro atoms. The van der Waals surface area contributed by atoms with E-state index in [0.717, 1.165) is 0 Å². The topological polar surface area (TPSA) is 67.4 Å². The molecular formula is C21H17ClN2O3. The Bertz CT molecular complexity index is 954. The first-order chi connectivity index (χ1) is 13.1. The summed E-state index contributed by atoms with van der Waals surface area (Å²) in [6.07, 6.45) is 0.